The minimum Gasteiger partial charge on any atom is -0.350 e. The molecule has 9 heteroatoms. The first-order valence-electron chi connectivity index (χ1n) is 13.7. The van der Waals surface area contributed by atoms with E-state index in [1.165, 1.54) is 13.0 Å². The van der Waals surface area contributed by atoms with Crippen LogP contribution in [0.4, 0.5) is 10.3 Å². The van der Waals surface area contributed by atoms with Gasteiger partial charge in [-0.05, 0) is 80.9 Å². The second-order valence-corrected chi connectivity index (χ2v) is 12.7. The van der Waals surface area contributed by atoms with Gasteiger partial charge in [0.15, 0.2) is 0 Å². The number of thiophene rings is 1. The molecule has 1 aromatic carbocycles. The quantitative estimate of drug-likeness (QED) is 0.258. The molecule has 0 saturated heterocycles. The average Bonchev–Trinajstić information content (AvgIpc) is 3.52. The Hall–Kier alpha value is -3.04. The van der Waals surface area contributed by atoms with E-state index in [0.717, 1.165) is 53.6 Å². The standard InChI is InChI=1S/C30H40FN5O2S/c1-7-27(37)33-21-9-8-10-22(16-21)36-24-12-11-20(17-32-19(3)30(4,5)6)15-23(24)34-29(36)35-28(38)26-14-13-25(39-26)18(2)31/h7,11-15,18-19,21-22,32H,1,8-10,16-17H2,2-6H3,(H,33,37)(H,34,35,38)/t18?,19-,21-,22+/m0/s1. The smallest absolute Gasteiger partial charge is 0.268 e. The average molecular weight is 554 g/mol. The number of halogens is 1. The molecule has 0 aliphatic heterocycles. The number of carbonyl (C=O) groups excluding carboxylic acids is 2. The molecule has 1 saturated carbocycles. The van der Waals surface area contributed by atoms with Gasteiger partial charge in [-0.2, -0.15) is 0 Å². The van der Waals surface area contributed by atoms with E-state index in [4.69, 9.17) is 4.98 Å². The van der Waals surface area contributed by atoms with Gasteiger partial charge in [0.1, 0.15) is 6.17 Å². The molecular weight excluding hydrogens is 513 g/mol. The fourth-order valence-corrected chi connectivity index (χ4v) is 5.76. The maximum atomic E-state index is 13.8. The number of anilines is 1. The molecule has 2 aromatic heterocycles. The van der Waals surface area contributed by atoms with E-state index in [-0.39, 0.29) is 29.3 Å². The van der Waals surface area contributed by atoms with Crippen molar-refractivity contribution < 1.29 is 14.0 Å². The van der Waals surface area contributed by atoms with Crippen molar-refractivity contribution in [2.75, 3.05) is 5.32 Å². The molecule has 4 rings (SSSR count). The summed E-state index contributed by atoms with van der Waals surface area (Å²) in [6.45, 7) is 14.6. The van der Waals surface area contributed by atoms with Crippen LogP contribution in [0, 0.1) is 5.41 Å². The third kappa shape index (κ3) is 6.94. The number of hydrogen-bond donors (Lipinski definition) is 3. The van der Waals surface area contributed by atoms with Crippen molar-refractivity contribution in [3.8, 4) is 0 Å². The maximum absolute atomic E-state index is 13.8. The zero-order valence-electron chi connectivity index (χ0n) is 23.5. The molecule has 1 fully saturated rings. The topological polar surface area (TPSA) is 88.1 Å². The minimum absolute atomic E-state index is 0.0171. The van der Waals surface area contributed by atoms with E-state index in [1.807, 2.05) is 0 Å². The highest BCUT2D eigenvalue weighted by Crippen LogP contribution is 2.35. The largest absolute Gasteiger partial charge is 0.350 e. The highest BCUT2D eigenvalue weighted by Gasteiger charge is 2.28. The first-order chi connectivity index (χ1) is 18.5. The van der Waals surface area contributed by atoms with E-state index in [9.17, 15) is 14.0 Å². The Balaban J connectivity index is 1.65. The summed E-state index contributed by atoms with van der Waals surface area (Å²) < 4.78 is 15.9. The lowest BCUT2D eigenvalue weighted by atomic mass is 9.88. The lowest BCUT2D eigenvalue weighted by Gasteiger charge is -2.31. The number of carbonyl (C=O) groups is 2. The molecule has 3 N–H and O–H groups in total. The van der Waals surface area contributed by atoms with Crippen LogP contribution in [0.2, 0.25) is 0 Å². The van der Waals surface area contributed by atoms with Gasteiger partial charge in [-0.3, -0.25) is 14.9 Å². The van der Waals surface area contributed by atoms with E-state index in [0.29, 0.717) is 28.3 Å². The molecule has 3 aromatic rings. The summed E-state index contributed by atoms with van der Waals surface area (Å²) in [4.78, 5) is 31.0. The molecule has 1 aliphatic carbocycles. The predicted molar refractivity (Wildman–Crippen MR) is 157 cm³/mol. The van der Waals surface area contributed by atoms with Crippen LogP contribution in [-0.2, 0) is 11.3 Å². The van der Waals surface area contributed by atoms with Gasteiger partial charge in [0, 0.05) is 29.5 Å². The molecule has 1 aliphatic rings. The van der Waals surface area contributed by atoms with Gasteiger partial charge < -0.3 is 15.2 Å². The van der Waals surface area contributed by atoms with Crippen LogP contribution in [0.1, 0.15) is 92.6 Å². The monoisotopic (exact) mass is 553 g/mol. The Kier molecular flexibility index (Phi) is 8.91. The number of hydrogen-bond acceptors (Lipinski definition) is 5. The summed E-state index contributed by atoms with van der Waals surface area (Å²) >= 11 is 1.15. The minimum atomic E-state index is -1.13. The molecule has 1 unspecified atom stereocenters. The van der Waals surface area contributed by atoms with Crippen LogP contribution >= 0.6 is 11.3 Å². The molecule has 2 amide bonds. The van der Waals surface area contributed by atoms with Crippen molar-refractivity contribution in [3.63, 3.8) is 0 Å². The van der Waals surface area contributed by atoms with Crippen molar-refractivity contribution in [1.29, 1.82) is 0 Å². The van der Waals surface area contributed by atoms with E-state index in [2.05, 4.69) is 73.0 Å². The maximum Gasteiger partial charge on any atom is 0.268 e. The Morgan fingerprint density at radius 2 is 2.00 bits per heavy atom. The number of fused-ring (bicyclic) bond motifs is 1. The van der Waals surface area contributed by atoms with Crippen molar-refractivity contribution >= 4 is 40.1 Å². The van der Waals surface area contributed by atoms with Gasteiger partial charge in [0.2, 0.25) is 11.9 Å². The van der Waals surface area contributed by atoms with Gasteiger partial charge in [-0.15, -0.1) is 11.3 Å². The molecule has 7 nitrogen and oxygen atoms in total. The Morgan fingerprint density at radius 1 is 1.23 bits per heavy atom. The number of aromatic nitrogens is 2. The predicted octanol–water partition coefficient (Wildman–Crippen LogP) is 6.69. The number of rotatable bonds is 9. The van der Waals surface area contributed by atoms with E-state index < -0.39 is 6.17 Å². The first kappa shape index (κ1) is 29.0. The van der Waals surface area contributed by atoms with Crippen molar-refractivity contribution in [2.24, 2.45) is 5.41 Å². The lowest BCUT2D eigenvalue weighted by Crippen LogP contribution is -2.38. The lowest BCUT2D eigenvalue weighted by molar-refractivity contribution is -0.117. The van der Waals surface area contributed by atoms with Crippen LogP contribution in [0.15, 0.2) is 43.0 Å². The van der Waals surface area contributed by atoms with Gasteiger partial charge in [0.25, 0.3) is 5.91 Å². The zero-order chi connectivity index (χ0) is 28.3. The van der Waals surface area contributed by atoms with E-state index in [1.54, 1.807) is 12.1 Å². The fourth-order valence-electron chi connectivity index (χ4n) is 4.93. The number of nitrogens with zero attached hydrogens (tertiary/aromatic N) is 2. The molecule has 0 bridgehead atoms. The Bertz CT molecular complexity index is 1340. The molecule has 2 heterocycles. The van der Waals surface area contributed by atoms with Gasteiger partial charge in [-0.1, -0.05) is 33.4 Å². The summed E-state index contributed by atoms with van der Waals surface area (Å²) in [6, 6.07) is 9.93. The normalized spacial score (nSPS) is 19.4. The van der Waals surface area contributed by atoms with Crippen molar-refractivity contribution in [1.82, 2.24) is 20.2 Å². The fraction of sp³-hybridized carbons (Fsp3) is 0.500. The summed E-state index contributed by atoms with van der Waals surface area (Å²) in [5.41, 5.74) is 2.99. The highest BCUT2D eigenvalue weighted by molar-refractivity contribution is 7.14. The summed E-state index contributed by atoms with van der Waals surface area (Å²) in [5, 5.41) is 9.64. The summed E-state index contributed by atoms with van der Waals surface area (Å²) in [6.07, 6.45) is 3.64. The van der Waals surface area contributed by atoms with Crippen LogP contribution in [-0.4, -0.2) is 33.4 Å². The number of amides is 2. The molecule has 39 heavy (non-hydrogen) atoms. The summed E-state index contributed by atoms with van der Waals surface area (Å²) in [5.74, 6) is -0.0225. The van der Waals surface area contributed by atoms with Crippen molar-refractivity contribution in [3.05, 3.63) is 58.3 Å². The second kappa shape index (κ2) is 12.0. The van der Waals surface area contributed by atoms with Gasteiger partial charge >= 0.3 is 0 Å². The molecule has 210 valence electrons. The van der Waals surface area contributed by atoms with Crippen LogP contribution in [0.25, 0.3) is 11.0 Å². The molecular formula is C30H40FN5O2S. The SMILES string of the molecule is C=CC(=O)N[C@H]1CCC[C@@H](n2c(NC(=O)c3ccc(C(C)F)s3)nc3cc(CN[C@@H](C)C(C)(C)C)ccc32)C1. The van der Waals surface area contributed by atoms with Crippen LogP contribution in [0.5, 0.6) is 0 Å². The van der Waals surface area contributed by atoms with Gasteiger partial charge in [0.05, 0.1) is 15.9 Å². The van der Waals surface area contributed by atoms with Crippen molar-refractivity contribution in [2.45, 2.75) is 91.1 Å². The molecule has 0 radical (unpaired) electrons. The highest BCUT2D eigenvalue weighted by atomic mass is 32.1. The third-order valence-electron chi connectivity index (χ3n) is 7.68. The molecule has 4 atom stereocenters. The van der Waals surface area contributed by atoms with Gasteiger partial charge in [-0.25, -0.2) is 9.37 Å². The number of nitrogens with one attached hydrogen (secondary N) is 3. The number of imidazole rings is 1. The number of benzene rings is 1. The van der Waals surface area contributed by atoms with Crippen LogP contribution in [0.3, 0.4) is 0 Å². The van der Waals surface area contributed by atoms with E-state index >= 15 is 0 Å². The Morgan fingerprint density at radius 3 is 2.67 bits per heavy atom. The second-order valence-electron chi connectivity index (χ2n) is 11.6. The third-order valence-corrected chi connectivity index (χ3v) is 8.91. The van der Waals surface area contributed by atoms with Crippen LogP contribution < -0.4 is 16.0 Å². The number of alkyl halides is 1. The summed E-state index contributed by atoms with van der Waals surface area (Å²) in [7, 11) is 0. The molecule has 0 spiro atoms. The Labute approximate surface area is 234 Å². The first-order valence-corrected chi connectivity index (χ1v) is 14.5. The zero-order valence-corrected chi connectivity index (χ0v) is 24.3.